The summed E-state index contributed by atoms with van der Waals surface area (Å²) in [6, 6.07) is 0.343. The lowest BCUT2D eigenvalue weighted by Gasteiger charge is -2.30. The zero-order chi connectivity index (χ0) is 15.6. The van der Waals surface area contributed by atoms with Crippen molar-refractivity contribution in [3.63, 3.8) is 0 Å². The fourth-order valence-corrected chi connectivity index (χ4v) is 3.13. The maximum absolute atomic E-state index is 12.3. The molecule has 1 N–H and O–H groups in total. The molecule has 0 aliphatic heterocycles. The van der Waals surface area contributed by atoms with Crippen LogP contribution in [0.15, 0.2) is 5.38 Å². The Kier molecular flexibility index (Phi) is 4.98. The van der Waals surface area contributed by atoms with Gasteiger partial charge in [0.05, 0.1) is 12.1 Å². The predicted molar refractivity (Wildman–Crippen MR) is 84.3 cm³/mol. The molecule has 0 atom stereocenters. The summed E-state index contributed by atoms with van der Waals surface area (Å²) >= 11 is 1.38. The van der Waals surface area contributed by atoms with Crippen LogP contribution in [0.2, 0.25) is 0 Å². The lowest BCUT2D eigenvalue weighted by atomic mass is 10.2. The highest BCUT2D eigenvalue weighted by molar-refractivity contribution is 7.13. The summed E-state index contributed by atoms with van der Waals surface area (Å²) in [5.41, 5.74) is 0.724. The van der Waals surface area contributed by atoms with Gasteiger partial charge in [0.2, 0.25) is 11.8 Å². The molecular formula is C15H23N3O2S. The molecule has 5 nitrogen and oxygen atoms in total. The zero-order valence-corrected chi connectivity index (χ0v) is 13.9. The molecule has 1 fully saturated rings. The summed E-state index contributed by atoms with van der Waals surface area (Å²) in [5, 5.41) is 5.26. The van der Waals surface area contributed by atoms with E-state index in [2.05, 4.69) is 10.3 Å². The quantitative estimate of drug-likeness (QED) is 0.879. The number of carbonyl (C=O) groups is 2. The number of thiazole rings is 1. The van der Waals surface area contributed by atoms with Crippen molar-refractivity contribution in [1.82, 2.24) is 9.88 Å². The smallest absolute Gasteiger partial charge is 0.229 e. The van der Waals surface area contributed by atoms with Crippen LogP contribution >= 0.6 is 11.3 Å². The minimum Gasteiger partial charge on any atom is -0.338 e. The molecule has 1 saturated carbocycles. The van der Waals surface area contributed by atoms with E-state index in [4.69, 9.17) is 0 Å². The van der Waals surface area contributed by atoms with Crippen LogP contribution < -0.4 is 5.32 Å². The average Bonchev–Trinajstić information content (AvgIpc) is 3.12. The number of nitrogens with zero attached hydrogens (tertiary/aromatic N) is 2. The summed E-state index contributed by atoms with van der Waals surface area (Å²) in [6.45, 7) is 8.06. The minimum atomic E-state index is 0.0493. The highest BCUT2D eigenvalue weighted by Gasteiger charge is 2.30. The highest BCUT2D eigenvalue weighted by atomic mass is 32.1. The second kappa shape index (κ2) is 6.56. The molecule has 0 unspecified atom stereocenters. The Morgan fingerprint density at radius 1 is 1.33 bits per heavy atom. The zero-order valence-electron chi connectivity index (χ0n) is 13.0. The summed E-state index contributed by atoms with van der Waals surface area (Å²) in [6.07, 6.45) is 2.23. The summed E-state index contributed by atoms with van der Waals surface area (Å²) in [5.74, 6) is 0.287. The third-order valence-electron chi connectivity index (χ3n) is 3.46. The molecule has 0 radical (unpaired) electrons. The van der Waals surface area contributed by atoms with E-state index in [1.54, 1.807) is 0 Å². The highest BCUT2D eigenvalue weighted by Crippen LogP contribution is 2.30. The normalized spacial score (nSPS) is 14.6. The number of nitrogens with one attached hydrogen (secondary N) is 1. The fourth-order valence-electron chi connectivity index (χ4n) is 2.42. The molecular weight excluding hydrogens is 286 g/mol. The first-order valence-electron chi connectivity index (χ1n) is 7.45. The van der Waals surface area contributed by atoms with Crippen molar-refractivity contribution in [3.8, 4) is 0 Å². The third kappa shape index (κ3) is 4.27. The van der Waals surface area contributed by atoms with Gasteiger partial charge in [-0.2, -0.15) is 0 Å². The van der Waals surface area contributed by atoms with Gasteiger partial charge in [0.25, 0.3) is 0 Å². The van der Waals surface area contributed by atoms with Gasteiger partial charge in [-0.3, -0.25) is 9.59 Å². The maximum Gasteiger partial charge on any atom is 0.229 e. The van der Waals surface area contributed by atoms with E-state index < -0.39 is 0 Å². The average molecular weight is 309 g/mol. The van der Waals surface area contributed by atoms with Crippen molar-refractivity contribution in [2.75, 3.05) is 5.32 Å². The van der Waals surface area contributed by atoms with Crippen LogP contribution in [0.5, 0.6) is 0 Å². The SMILES string of the molecule is CC(C)N(C(=O)Cc1csc(NC(=O)C2CC2)n1)C(C)C. The Morgan fingerprint density at radius 3 is 2.48 bits per heavy atom. The molecule has 6 heteroatoms. The Morgan fingerprint density at radius 2 is 1.95 bits per heavy atom. The molecule has 1 aromatic rings. The van der Waals surface area contributed by atoms with Gasteiger partial charge in [-0.05, 0) is 40.5 Å². The molecule has 2 amide bonds. The molecule has 2 rings (SSSR count). The van der Waals surface area contributed by atoms with Crippen molar-refractivity contribution in [3.05, 3.63) is 11.1 Å². The maximum atomic E-state index is 12.3. The van der Waals surface area contributed by atoms with Crippen molar-refractivity contribution < 1.29 is 9.59 Å². The monoisotopic (exact) mass is 309 g/mol. The van der Waals surface area contributed by atoms with E-state index >= 15 is 0 Å². The van der Waals surface area contributed by atoms with E-state index in [0.717, 1.165) is 18.5 Å². The molecule has 0 aromatic carbocycles. The van der Waals surface area contributed by atoms with E-state index in [1.165, 1.54) is 11.3 Å². The van der Waals surface area contributed by atoms with Crippen molar-refractivity contribution in [2.24, 2.45) is 5.92 Å². The third-order valence-corrected chi connectivity index (χ3v) is 4.27. The predicted octanol–water partition coefficient (Wildman–Crippen LogP) is 2.68. The number of hydrogen-bond donors (Lipinski definition) is 1. The van der Waals surface area contributed by atoms with Gasteiger partial charge in [-0.15, -0.1) is 11.3 Å². The largest absolute Gasteiger partial charge is 0.338 e. The Labute approximate surface area is 129 Å². The number of anilines is 1. The van der Waals surface area contributed by atoms with Crippen LogP contribution in [-0.4, -0.2) is 33.8 Å². The number of aromatic nitrogens is 1. The Hall–Kier alpha value is -1.43. The lowest BCUT2D eigenvalue weighted by Crippen LogP contribution is -2.42. The minimum absolute atomic E-state index is 0.0493. The van der Waals surface area contributed by atoms with E-state index in [-0.39, 0.29) is 36.2 Å². The van der Waals surface area contributed by atoms with Crippen LogP contribution in [0.3, 0.4) is 0 Å². The first-order chi connectivity index (χ1) is 9.88. The second-order valence-corrected chi connectivity index (χ2v) is 6.93. The standard InChI is InChI=1S/C15H23N3O2S/c1-9(2)18(10(3)4)13(19)7-12-8-21-15(16-12)17-14(20)11-5-6-11/h8-11H,5-7H2,1-4H3,(H,16,17,20). The van der Waals surface area contributed by atoms with E-state index in [1.807, 2.05) is 38.0 Å². The van der Waals surface area contributed by atoms with Gasteiger partial charge in [-0.25, -0.2) is 4.98 Å². The molecule has 1 aromatic heterocycles. The molecule has 0 bridgehead atoms. The topological polar surface area (TPSA) is 62.3 Å². The van der Waals surface area contributed by atoms with Crippen molar-refractivity contribution >= 4 is 28.3 Å². The van der Waals surface area contributed by atoms with Crippen LogP contribution in [-0.2, 0) is 16.0 Å². The van der Waals surface area contributed by atoms with E-state index in [9.17, 15) is 9.59 Å². The molecule has 0 saturated heterocycles. The van der Waals surface area contributed by atoms with Crippen molar-refractivity contribution in [1.29, 1.82) is 0 Å². The van der Waals surface area contributed by atoms with Crippen LogP contribution in [0.1, 0.15) is 46.2 Å². The first-order valence-corrected chi connectivity index (χ1v) is 8.33. The number of amides is 2. The van der Waals surface area contributed by atoms with Gasteiger partial charge < -0.3 is 10.2 Å². The van der Waals surface area contributed by atoms with E-state index in [0.29, 0.717) is 5.13 Å². The van der Waals surface area contributed by atoms with Crippen LogP contribution in [0.25, 0.3) is 0 Å². The van der Waals surface area contributed by atoms with Crippen LogP contribution in [0.4, 0.5) is 5.13 Å². The number of hydrogen-bond acceptors (Lipinski definition) is 4. The molecule has 1 heterocycles. The molecule has 21 heavy (non-hydrogen) atoms. The molecule has 1 aliphatic carbocycles. The van der Waals surface area contributed by atoms with Gasteiger partial charge >= 0.3 is 0 Å². The lowest BCUT2D eigenvalue weighted by molar-refractivity contribution is -0.134. The van der Waals surface area contributed by atoms with Crippen LogP contribution in [0, 0.1) is 5.92 Å². The Bertz CT molecular complexity index is 513. The van der Waals surface area contributed by atoms with Gasteiger partial charge in [0.15, 0.2) is 5.13 Å². The number of carbonyl (C=O) groups excluding carboxylic acids is 2. The molecule has 0 spiro atoms. The Balaban J connectivity index is 1.94. The summed E-state index contributed by atoms with van der Waals surface area (Å²) < 4.78 is 0. The van der Waals surface area contributed by atoms with Gasteiger partial charge in [0, 0.05) is 23.4 Å². The summed E-state index contributed by atoms with van der Waals surface area (Å²) in [4.78, 5) is 30.2. The fraction of sp³-hybridized carbons (Fsp3) is 0.667. The molecule has 1 aliphatic rings. The molecule has 116 valence electrons. The second-order valence-electron chi connectivity index (χ2n) is 6.07. The van der Waals surface area contributed by atoms with Crippen molar-refractivity contribution in [2.45, 2.75) is 59.0 Å². The van der Waals surface area contributed by atoms with Gasteiger partial charge in [0.1, 0.15) is 0 Å². The summed E-state index contributed by atoms with van der Waals surface area (Å²) in [7, 11) is 0. The first kappa shape index (κ1) is 15.9. The van der Waals surface area contributed by atoms with Gasteiger partial charge in [-0.1, -0.05) is 0 Å². The number of rotatable bonds is 6.